The molecule has 142 valence electrons. The van der Waals surface area contributed by atoms with E-state index < -0.39 is 0 Å². The highest BCUT2D eigenvalue weighted by atomic mass is 35.5. The molecule has 0 spiro atoms. The molecule has 24 heavy (non-hydrogen) atoms. The van der Waals surface area contributed by atoms with Crippen molar-refractivity contribution in [3.63, 3.8) is 0 Å². The second-order valence-corrected chi connectivity index (χ2v) is 7.49. The molecule has 3 heteroatoms. The SMILES string of the molecule is CCCCCCCCCCCC[N+](C)(C)Cc1ccccc1.O.[Cl-]. The highest BCUT2D eigenvalue weighted by Gasteiger charge is 2.14. The number of hydrogen-bond donors (Lipinski definition) is 0. The van der Waals surface area contributed by atoms with E-state index in [0.29, 0.717) is 0 Å². The molecule has 0 saturated carbocycles. The lowest BCUT2D eigenvalue weighted by Gasteiger charge is -2.30. The van der Waals surface area contributed by atoms with E-state index in [4.69, 9.17) is 0 Å². The first kappa shape index (κ1) is 25.7. The van der Waals surface area contributed by atoms with Gasteiger partial charge in [0.15, 0.2) is 0 Å². The van der Waals surface area contributed by atoms with Crippen LogP contribution in [0, 0.1) is 0 Å². The van der Waals surface area contributed by atoms with E-state index in [2.05, 4.69) is 51.4 Å². The molecule has 1 rings (SSSR count). The van der Waals surface area contributed by atoms with Gasteiger partial charge in [-0.25, -0.2) is 0 Å². The van der Waals surface area contributed by atoms with E-state index >= 15 is 0 Å². The van der Waals surface area contributed by atoms with Gasteiger partial charge in [0.2, 0.25) is 0 Å². The lowest BCUT2D eigenvalue weighted by atomic mass is 10.1. The standard InChI is InChI=1S/C21H38N.ClH.H2O/c1-4-5-6-7-8-9-10-11-12-16-19-22(2,3)20-21-17-14-13-15-18-21;;/h13-15,17-18H,4-12,16,19-20H2,1-3H3;1H;1H2/q+1;;/p-1. The van der Waals surface area contributed by atoms with Crippen LogP contribution in [0.4, 0.5) is 0 Å². The molecule has 0 atom stereocenters. The zero-order chi connectivity index (χ0) is 16.1. The highest BCUT2D eigenvalue weighted by molar-refractivity contribution is 5.13. The van der Waals surface area contributed by atoms with Crippen LogP contribution in [0.2, 0.25) is 0 Å². The zero-order valence-electron chi connectivity index (χ0n) is 16.2. The first-order valence-electron chi connectivity index (χ1n) is 9.50. The quantitative estimate of drug-likeness (QED) is 0.383. The first-order valence-corrected chi connectivity index (χ1v) is 9.50. The largest absolute Gasteiger partial charge is 1.00 e. The molecule has 0 amide bonds. The predicted octanol–water partition coefficient (Wildman–Crippen LogP) is 2.36. The van der Waals surface area contributed by atoms with Crippen molar-refractivity contribution in [2.45, 2.75) is 77.7 Å². The Hall–Kier alpha value is -0.570. The van der Waals surface area contributed by atoms with E-state index in [1.165, 1.54) is 76.3 Å². The van der Waals surface area contributed by atoms with Crippen LogP contribution in [0.5, 0.6) is 0 Å². The van der Waals surface area contributed by atoms with Crippen molar-refractivity contribution in [2.75, 3.05) is 20.6 Å². The molecule has 0 aliphatic rings. The van der Waals surface area contributed by atoms with Crippen LogP contribution < -0.4 is 12.4 Å². The van der Waals surface area contributed by atoms with Crippen LogP contribution in [0.1, 0.15) is 76.7 Å². The fraction of sp³-hybridized carbons (Fsp3) is 0.714. The molecule has 0 aliphatic carbocycles. The summed E-state index contributed by atoms with van der Waals surface area (Å²) in [6.07, 6.45) is 14.2. The van der Waals surface area contributed by atoms with E-state index in [1.54, 1.807) is 0 Å². The van der Waals surface area contributed by atoms with Crippen LogP contribution >= 0.6 is 0 Å². The molecule has 0 fully saturated rings. The summed E-state index contributed by atoms with van der Waals surface area (Å²) < 4.78 is 1.11. The van der Waals surface area contributed by atoms with Crippen molar-refractivity contribution in [2.24, 2.45) is 0 Å². The second-order valence-electron chi connectivity index (χ2n) is 7.49. The summed E-state index contributed by atoms with van der Waals surface area (Å²) in [5, 5.41) is 0. The van der Waals surface area contributed by atoms with E-state index in [-0.39, 0.29) is 17.9 Å². The summed E-state index contributed by atoms with van der Waals surface area (Å²) in [4.78, 5) is 0. The Labute approximate surface area is 157 Å². The van der Waals surface area contributed by atoms with Crippen LogP contribution in [0.25, 0.3) is 0 Å². The molecule has 0 heterocycles. The van der Waals surface area contributed by atoms with Gasteiger partial charge >= 0.3 is 0 Å². The predicted molar refractivity (Wildman–Crippen MR) is 103 cm³/mol. The monoisotopic (exact) mass is 357 g/mol. The lowest BCUT2D eigenvalue weighted by molar-refractivity contribution is -0.903. The Bertz CT molecular complexity index is 367. The smallest absolute Gasteiger partial charge is 0.104 e. The summed E-state index contributed by atoms with van der Waals surface area (Å²) in [7, 11) is 4.72. The van der Waals surface area contributed by atoms with Crippen molar-refractivity contribution in [1.82, 2.24) is 0 Å². The minimum absolute atomic E-state index is 0. The van der Waals surface area contributed by atoms with Gasteiger partial charge in [-0.3, -0.25) is 0 Å². The maximum Gasteiger partial charge on any atom is 0.104 e. The van der Waals surface area contributed by atoms with Crippen molar-refractivity contribution in [3.8, 4) is 0 Å². The van der Waals surface area contributed by atoms with Crippen molar-refractivity contribution >= 4 is 0 Å². The average molecular weight is 358 g/mol. The molecule has 0 aromatic heterocycles. The average Bonchev–Trinajstić information content (AvgIpc) is 2.49. The first-order chi connectivity index (χ1) is 10.6. The normalized spacial score (nSPS) is 10.8. The molecule has 2 nitrogen and oxygen atoms in total. The van der Waals surface area contributed by atoms with Gasteiger partial charge in [0.1, 0.15) is 6.54 Å². The summed E-state index contributed by atoms with van der Waals surface area (Å²) in [6, 6.07) is 10.9. The number of hydrogen-bond acceptors (Lipinski definition) is 0. The molecule has 1 aromatic carbocycles. The van der Waals surface area contributed by atoms with E-state index in [0.717, 1.165) is 11.0 Å². The van der Waals surface area contributed by atoms with Crippen LogP contribution in [-0.2, 0) is 6.54 Å². The lowest BCUT2D eigenvalue weighted by Crippen LogP contribution is -3.00. The Morgan fingerprint density at radius 3 is 1.67 bits per heavy atom. The molecular weight excluding hydrogens is 318 g/mol. The third-order valence-electron chi connectivity index (χ3n) is 4.57. The van der Waals surface area contributed by atoms with Gasteiger partial charge in [-0.15, -0.1) is 0 Å². The molecule has 2 N–H and O–H groups in total. The summed E-state index contributed by atoms with van der Waals surface area (Å²) in [6.45, 7) is 4.74. The Morgan fingerprint density at radius 2 is 1.17 bits per heavy atom. The molecule has 0 unspecified atom stereocenters. The molecule has 1 aromatic rings. The molecule has 0 aliphatic heterocycles. The fourth-order valence-corrected chi connectivity index (χ4v) is 3.18. The van der Waals surface area contributed by atoms with Crippen molar-refractivity contribution < 1.29 is 22.4 Å². The van der Waals surface area contributed by atoms with Crippen LogP contribution in [-0.4, -0.2) is 30.6 Å². The van der Waals surface area contributed by atoms with Gasteiger partial charge in [0.25, 0.3) is 0 Å². The number of halogens is 1. The number of rotatable bonds is 13. The molecule has 0 saturated heterocycles. The maximum absolute atomic E-state index is 2.36. The summed E-state index contributed by atoms with van der Waals surface area (Å²) in [5.74, 6) is 0. The topological polar surface area (TPSA) is 31.5 Å². The van der Waals surface area contributed by atoms with E-state index in [1.807, 2.05) is 0 Å². The maximum atomic E-state index is 2.36. The van der Waals surface area contributed by atoms with Gasteiger partial charge in [-0.05, 0) is 12.8 Å². The van der Waals surface area contributed by atoms with Crippen molar-refractivity contribution in [1.29, 1.82) is 0 Å². The second kappa shape index (κ2) is 15.9. The summed E-state index contributed by atoms with van der Waals surface area (Å²) >= 11 is 0. The van der Waals surface area contributed by atoms with Gasteiger partial charge in [-0.2, -0.15) is 0 Å². The molecule has 0 bridgehead atoms. The minimum atomic E-state index is 0. The van der Waals surface area contributed by atoms with Gasteiger partial charge in [0, 0.05) is 5.56 Å². The number of quaternary nitrogens is 1. The Morgan fingerprint density at radius 1 is 0.708 bits per heavy atom. The third-order valence-corrected chi connectivity index (χ3v) is 4.57. The molecular formula is C21H40ClNO. The Kier molecular flexibility index (Phi) is 17.0. The minimum Gasteiger partial charge on any atom is -1.00 e. The van der Waals surface area contributed by atoms with E-state index in [9.17, 15) is 0 Å². The van der Waals surface area contributed by atoms with Gasteiger partial charge in [-0.1, -0.05) is 88.6 Å². The summed E-state index contributed by atoms with van der Waals surface area (Å²) in [5.41, 5.74) is 1.46. The number of nitrogens with zero attached hydrogens (tertiary/aromatic N) is 1. The third kappa shape index (κ3) is 13.8. The highest BCUT2D eigenvalue weighted by Crippen LogP contribution is 2.13. The Balaban J connectivity index is 0. The van der Waals surface area contributed by atoms with Crippen LogP contribution in [0.3, 0.4) is 0 Å². The molecule has 0 radical (unpaired) electrons. The zero-order valence-corrected chi connectivity index (χ0v) is 17.0. The van der Waals surface area contributed by atoms with Gasteiger partial charge < -0.3 is 22.4 Å². The van der Waals surface area contributed by atoms with Crippen molar-refractivity contribution in [3.05, 3.63) is 35.9 Å². The number of unbranched alkanes of at least 4 members (excludes halogenated alkanes) is 9. The number of benzene rings is 1. The fourth-order valence-electron chi connectivity index (χ4n) is 3.18. The van der Waals surface area contributed by atoms with Crippen LogP contribution in [0.15, 0.2) is 30.3 Å². The van der Waals surface area contributed by atoms with Gasteiger partial charge in [0.05, 0.1) is 20.6 Å².